The Bertz CT molecular complexity index is 620. The largest absolute Gasteiger partial charge is 0.378 e. The quantitative estimate of drug-likeness (QED) is 0.775. The number of benzene rings is 1. The molecular formula is C16H19FN2OS2. The average molecular weight is 338 g/mol. The van der Waals surface area contributed by atoms with Crippen molar-refractivity contribution < 1.29 is 9.13 Å². The maximum Gasteiger partial charge on any atom is 0.136 e. The Kier molecular flexibility index (Phi) is 5.46. The van der Waals surface area contributed by atoms with Gasteiger partial charge in [0.2, 0.25) is 0 Å². The van der Waals surface area contributed by atoms with E-state index in [1.165, 1.54) is 6.07 Å². The molecule has 1 aliphatic heterocycles. The number of aromatic nitrogens is 1. The number of morpholine rings is 1. The normalized spacial score (nSPS) is 19.5. The maximum atomic E-state index is 13.6. The number of thiazole rings is 1. The fourth-order valence-electron chi connectivity index (χ4n) is 2.49. The molecule has 1 saturated heterocycles. The summed E-state index contributed by atoms with van der Waals surface area (Å²) in [5.74, 6) is 0.725. The summed E-state index contributed by atoms with van der Waals surface area (Å²) in [6.45, 7) is 5.28. The van der Waals surface area contributed by atoms with Crippen LogP contribution in [-0.4, -0.2) is 41.9 Å². The van der Waals surface area contributed by atoms with E-state index in [0.717, 1.165) is 41.0 Å². The molecule has 1 atom stereocenters. The number of aryl methyl sites for hydroxylation is 1. The van der Waals surface area contributed by atoms with Gasteiger partial charge in [-0.2, -0.15) is 0 Å². The third-order valence-electron chi connectivity index (χ3n) is 3.63. The molecule has 0 amide bonds. The fraction of sp³-hybridized carbons (Fsp3) is 0.438. The van der Waals surface area contributed by atoms with Gasteiger partial charge in [0, 0.05) is 34.8 Å². The first kappa shape index (κ1) is 15.9. The maximum absolute atomic E-state index is 13.6. The van der Waals surface area contributed by atoms with E-state index < -0.39 is 0 Å². The van der Waals surface area contributed by atoms with Crippen molar-refractivity contribution >= 4 is 23.1 Å². The summed E-state index contributed by atoms with van der Waals surface area (Å²) in [5.41, 5.74) is 1.06. The fourth-order valence-corrected chi connectivity index (χ4v) is 4.33. The van der Waals surface area contributed by atoms with Crippen molar-refractivity contribution in [3.8, 4) is 0 Å². The van der Waals surface area contributed by atoms with E-state index in [9.17, 15) is 4.39 Å². The summed E-state index contributed by atoms with van der Waals surface area (Å²) in [7, 11) is 0. The molecule has 22 heavy (non-hydrogen) atoms. The zero-order valence-electron chi connectivity index (χ0n) is 12.5. The van der Waals surface area contributed by atoms with Crippen molar-refractivity contribution in [3.05, 3.63) is 46.2 Å². The SMILES string of the molecule is Cc1csc(C2COCCN2CCSc2ccccc2F)n1. The van der Waals surface area contributed by atoms with Crippen LogP contribution >= 0.6 is 23.1 Å². The molecule has 0 N–H and O–H groups in total. The van der Waals surface area contributed by atoms with Crippen LogP contribution in [0, 0.1) is 12.7 Å². The number of nitrogens with zero attached hydrogens (tertiary/aromatic N) is 2. The Morgan fingerprint density at radius 2 is 2.32 bits per heavy atom. The van der Waals surface area contributed by atoms with E-state index in [-0.39, 0.29) is 11.9 Å². The number of ether oxygens (including phenoxy) is 1. The molecule has 0 aliphatic carbocycles. The number of thioether (sulfide) groups is 1. The van der Waals surface area contributed by atoms with Gasteiger partial charge in [0.15, 0.2) is 0 Å². The van der Waals surface area contributed by atoms with Crippen molar-refractivity contribution in [1.29, 1.82) is 0 Å². The summed E-state index contributed by atoms with van der Waals surface area (Å²) in [6.07, 6.45) is 0. The highest BCUT2D eigenvalue weighted by Crippen LogP contribution is 2.28. The second kappa shape index (κ2) is 7.55. The molecule has 1 fully saturated rings. The Hall–Kier alpha value is -0.950. The topological polar surface area (TPSA) is 25.4 Å². The van der Waals surface area contributed by atoms with Crippen molar-refractivity contribution in [3.63, 3.8) is 0 Å². The van der Waals surface area contributed by atoms with Crippen LogP contribution in [0.1, 0.15) is 16.7 Å². The van der Waals surface area contributed by atoms with Crippen LogP contribution in [0.3, 0.4) is 0 Å². The molecule has 0 radical (unpaired) electrons. The van der Waals surface area contributed by atoms with Gasteiger partial charge in [-0.25, -0.2) is 9.37 Å². The minimum absolute atomic E-state index is 0.137. The summed E-state index contributed by atoms with van der Waals surface area (Å²) in [4.78, 5) is 7.71. The minimum atomic E-state index is -0.137. The molecule has 0 saturated carbocycles. The third kappa shape index (κ3) is 3.87. The second-order valence-electron chi connectivity index (χ2n) is 5.23. The second-order valence-corrected chi connectivity index (χ2v) is 7.26. The number of hydrogen-bond donors (Lipinski definition) is 0. The first-order valence-corrected chi connectivity index (χ1v) is 9.22. The van der Waals surface area contributed by atoms with Gasteiger partial charge in [-0.15, -0.1) is 23.1 Å². The molecule has 1 aromatic carbocycles. The molecule has 6 heteroatoms. The molecule has 1 aliphatic rings. The van der Waals surface area contributed by atoms with Crippen LogP contribution in [0.15, 0.2) is 34.5 Å². The van der Waals surface area contributed by atoms with Gasteiger partial charge in [-0.3, -0.25) is 4.90 Å². The summed E-state index contributed by atoms with van der Waals surface area (Å²) in [6, 6.07) is 7.18. The predicted molar refractivity (Wildman–Crippen MR) is 89.1 cm³/mol. The zero-order chi connectivity index (χ0) is 15.4. The van der Waals surface area contributed by atoms with E-state index in [1.807, 2.05) is 19.1 Å². The van der Waals surface area contributed by atoms with E-state index in [0.29, 0.717) is 6.61 Å². The summed E-state index contributed by atoms with van der Waals surface area (Å²) >= 11 is 3.26. The smallest absolute Gasteiger partial charge is 0.136 e. The van der Waals surface area contributed by atoms with Crippen LogP contribution in [0.5, 0.6) is 0 Å². The first-order valence-electron chi connectivity index (χ1n) is 7.35. The molecule has 2 heterocycles. The molecular weight excluding hydrogens is 319 g/mol. The third-order valence-corrected chi connectivity index (χ3v) is 5.73. The lowest BCUT2D eigenvalue weighted by molar-refractivity contribution is -0.00529. The molecule has 3 nitrogen and oxygen atoms in total. The van der Waals surface area contributed by atoms with Crippen molar-refractivity contribution in [1.82, 2.24) is 9.88 Å². The van der Waals surface area contributed by atoms with Crippen LogP contribution in [0.4, 0.5) is 4.39 Å². The van der Waals surface area contributed by atoms with Crippen molar-refractivity contribution in [2.24, 2.45) is 0 Å². The number of rotatable bonds is 5. The van der Waals surface area contributed by atoms with Crippen LogP contribution in [-0.2, 0) is 4.74 Å². The van der Waals surface area contributed by atoms with E-state index in [2.05, 4.69) is 15.3 Å². The lowest BCUT2D eigenvalue weighted by atomic mass is 10.2. The standard InChI is InChI=1S/C16H19FN2OS2/c1-12-11-22-16(18-12)14-10-20-8-6-19(14)7-9-21-15-5-3-2-4-13(15)17/h2-5,11,14H,6-10H2,1H3. The minimum Gasteiger partial charge on any atom is -0.378 e. The van der Waals surface area contributed by atoms with Crippen LogP contribution < -0.4 is 0 Å². The van der Waals surface area contributed by atoms with E-state index >= 15 is 0 Å². The molecule has 2 aromatic rings. The molecule has 3 rings (SSSR count). The Balaban J connectivity index is 1.59. The lowest BCUT2D eigenvalue weighted by Crippen LogP contribution is -2.40. The molecule has 118 valence electrons. The monoisotopic (exact) mass is 338 g/mol. The van der Waals surface area contributed by atoms with E-state index in [4.69, 9.17) is 4.74 Å². The lowest BCUT2D eigenvalue weighted by Gasteiger charge is -2.34. The van der Waals surface area contributed by atoms with Crippen LogP contribution in [0.25, 0.3) is 0 Å². The van der Waals surface area contributed by atoms with Gasteiger partial charge in [0.25, 0.3) is 0 Å². The van der Waals surface area contributed by atoms with Gasteiger partial charge in [0.05, 0.1) is 19.3 Å². The first-order chi connectivity index (χ1) is 10.7. The Labute approximate surface area is 138 Å². The van der Waals surface area contributed by atoms with Crippen LogP contribution in [0.2, 0.25) is 0 Å². The molecule has 0 bridgehead atoms. The Morgan fingerprint density at radius 1 is 1.45 bits per heavy atom. The zero-order valence-corrected chi connectivity index (χ0v) is 14.1. The van der Waals surface area contributed by atoms with Crippen molar-refractivity contribution in [2.45, 2.75) is 17.9 Å². The van der Waals surface area contributed by atoms with E-state index in [1.54, 1.807) is 29.2 Å². The van der Waals surface area contributed by atoms with Gasteiger partial charge in [0.1, 0.15) is 10.8 Å². The van der Waals surface area contributed by atoms with Gasteiger partial charge >= 0.3 is 0 Å². The average Bonchev–Trinajstić information content (AvgIpc) is 2.96. The Morgan fingerprint density at radius 3 is 3.09 bits per heavy atom. The highest BCUT2D eigenvalue weighted by molar-refractivity contribution is 7.99. The predicted octanol–water partition coefficient (Wildman–Crippen LogP) is 3.76. The van der Waals surface area contributed by atoms with Gasteiger partial charge in [-0.05, 0) is 19.1 Å². The summed E-state index contributed by atoms with van der Waals surface area (Å²) < 4.78 is 19.3. The molecule has 1 aromatic heterocycles. The van der Waals surface area contributed by atoms with Gasteiger partial charge in [-0.1, -0.05) is 12.1 Å². The molecule has 1 unspecified atom stereocenters. The summed E-state index contributed by atoms with van der Waals surface area (Å²) in [5, 5.41) is 3.20. The van der Waals surface area contributed by atoms with Gasteiger partial charge < -0.3 is 4.74 Å². The number of hydrogen-bond acceptors (Lipinski definition) is 5. The molecule has 0 spiro atoms. The highest BCUT2D eigenvalue weighted by atomic mass is 32.2. The highest BCUT2D eigenvalue weighted by Gasteiger charge is 2.26. The van der Waals surface area contributed by atoms with Crippen molar-refractivity contribution in [2.75, 3.05) is 32.1 Å². The number of halogens is 1.